The molecule has 1 atom stereocenters. The van der Waals surface area contributed by atoms with Crippen molar-refractivity contribution in [3.05, 3.63) is 23.8 Å². The van der Waals surface area contributed by atoms with Gasteiger partial charge in [-0.15, -0.1) is 0 Å². The normalized spacial score (nSPS) is 20.2. The average molecular weight is 313 g/mol. The lowest BCUT2D eigenvalue weighted by molar-refractivity contribution is 0.0997. The number of nitrogens with one attached hydrogen (secondary N) is 1. The Hall–Kier alpha value is -1.64. The Morgan fingerprint density at radius 2 is 2.19 bits per heavy atom. The quantitative estimate of drug-likeness (QED) is 0.800. The van der Waals surface area contributed by atoms with Gasteiger partial charge in [0, 0.05) is 25.7 Å². The van der Waals surface area contributed by atoms with Crippen LogP contribution in [0.5, 0.6) is 5.75 Å². The van der Waals surface area contributed by atoms with Crippen LogP contribution >= 0.6 is 0 Å². The van der Waals surface area contributed by atoms with Gasteiger partial charge in [0.1, 0.15) is 5.75 Å². The van der Waals surface area contributed by atoms with Gasteiger partial charge < -0.3 is 15.8 Å². The number of ether oxygens (including phenoxy) is 1. The van der Waals surface area contributed by atoms with Crippen LogP contribution in [-0.4, -0.2) is 51.4 Å². The molecule has 0 bridgehead atoms. The van der Waals surface area contributed by atoms with Crippen LogP contribution < -0.4 is 15.8 Å². The summed E-state index contributed by atoms with van der Waals surface area (Å²) in [6, 6.07) is 4.22. The molecule has 1 amide bonds. The zero-order valence-corrected chi connectivity index (χ0v) is 12.8. The van der Waals surface area contributed by atoms with Crippen LogP contribution in [0.25, 0.3) is 0 Å². The third kappa shape index (κ3) is 3.17. The van der Waals surface area contributed by atoms with Gasteiger partial charge in [0.05, 0.1) is 17.6 Å². The Bertz CT molecular complexity index is 645. The molecule has 1 unspecified atom stereocenters. The maximum Gasteiger partial charge on any atom is 0.252 e. The van der Waals surface area contributed by atoms with Gasteiger partial charge in [0.2, 0.25) is 10.0 Å². The van der Waals surface area contributed by atoms with Crippen LogP contribution in [0, 0.1) is 0 Å². The number of benzene rings is 1. The molecule has 0 aliphatic carbocycles. The second-order valence-electron chi connectivity index (χ2n) is 4.94. The number of sulfonamides is 1. The second-order valence-corrected chi connectivity index (χ2v) is 6.88. The molecule has 2 rings (SSSR count). The minimum atomic E-state index is -3.65. The molecule has 0 aromatic heterocycles. The number of piperazine rings is 1. The third-order valence-corrected chi connectivity index (χ3v) is 5.27. The first-order chi connectivity index (χ1) is 9.86. The molecule has 0 saturated carbocycles. The maximum absolute atomic E-state index is 12.6. The van der Waals surface area contributed by atoms with E-state index in [9.17, 15) is 13.2 Å². The van der Waals surface area contributed by atoms with E-state index in [0.717, 1.165) is 0 Å². The molecule has 1 saturated heterocycles. The summed E-state index contributed by atoms with van der Waals surface area (Å²) >= 11 is 0. The zero-order valence-electron chi connectivity index (χ0n) is 12.0. The fourth-order valence-corrected chi connectivity index (χ4v) is 3.86. The molecule has 1 heterocycles. The highest BCUT2D eigenvalue weighted by molar-refractivity contribution is 7.89. The Balaban J connectivity index is 2.40. The van der Waals surface area contributed by atoms with E-state index in [1.54, 1.807) is 0 Å². The molecule has 8 heteroatoms. The lowest BCUT2D eigenvalue weighted by Crippen LogP contribution is -2.51. The highest BCUT2D eigenvalue weighted by atomic mass is 32.2. The Morgan fingerprint density at radius 1 is 1.48 bits per heavy atom. The van der Waals surface area contributed by atoms with Gasteiger partial charge in [-0.05, 0) is 25.1 Å². The molecule has 1 aromatic rings. The molecule has 0 spiro atoms. The number of primary amides is 1. The van der Waals surface area contributed by atoms with Gasteiger partial charge in [0.25, 0.3) is 5.91 Å². The van der Waals surface area contributed by atoms with E-state index in [2.05, 4.69) is 5.32 Å². The average Bonchev–Trinajstić information content (AvgIpc) is 2.46. The summed E-state index contributed by atoms with van der Waals surface area (Å²) in [5.74, 6) is -0.465. The molecule has 0 radical (unpaired) electrons. The Kier molecular flexibility index (Phi) is 4.50. The van der Waals surface area contributed by atoms with E-state index in [1.165, 1.54) is 29.6 Å². The SMILES string of the molecule is COc1ccc(S(=O)(=O)N2CCNC(C)C2)cc1C(N)=O. The van der Waals surface area contributed by atoms with Crippen LogP contribution in [0.1, 0.15) is 17.3 Å². The predicted octanol–water partition coefficient (Wildman–Crippen LogP) is -0.223. The summed E-state index contributed by atoms with van der Waals surface area (Å²) in [5, 5.41) is 3.18. The Labute approximate surface area is 124 Å². The van der Waals surface area contributed by atoms with Gasteiger partial charge in [-0.3, -0.25) is 4.79 Å². The van der Waals surface area contributed by atoms with Crippen molar-refractivity contribution in [1.29, 1.82) is 0 Å². The van der Waals surface area contributed by atoms with Crippen molar-refractivity contribution in [2.45, 2.75) is 17.9 Å². The molecule has 116 valence electrons. The van der Waals surface area contributed by atoms with Gasteiger partial charge in [-0.25, -0.2) is 8.42 Å². The summed E-state index contributed by atoms with van der Waals surface area (Å²) in [4.78, 5) is 11.5. The number of carbonyl (C=O) groups excluding carboxylic acids is 1. The second kappa shape index (κ2) is 6.00. The van der Waals surface area contributed by atoms with Gasteiger partial charge in [0.15, 0.2) is 0 Å². The summed E-state index contributed by atoms with van der Waals surface area (Å²) in [6.45, 7) is 3.30. The minimum absolute atomic E-state index is 0.0474. The van der Waals surface area contributed by atoms with Crippen molar-refractivity contribution in [3.63, 3.8) is 0 Å². The van der Waals surface area contributed by atoms with Crippen molar-refractivity contribution in [2.24, 2.45) is 5.73 Å². The molecular formula is C13H19N3O4S. The van der Waals surface area contributed by atoms with E-state index in [0.29, 0.717) is 19.6 Å². The lowest BCUT2D eigenvalue weighted by atomic mass is 10.2. The standard InChI is InChI=1S/C13H19N3O4S/c1-9-8-16(6-5-15-9)21(18,19)10-3-4-12(20-2)11(7-10)13(14)17/h3-4,7,9,15H,5-6,8H2,1-2H3,(H2,14,17). The molecule has 7 nitrogen and oxygen atoms in total. The number of rotatable bonds is 4. The highest BCUT2D eigenvalue weighted by Gasteiger charge is 2.29. The predicted molar refractivity (Wildman–Crippen MR) is 77.7 cm³/mol. The summed E-state index contributed by atoms with van der Waals surface area (Å²) in [6.07, 6.45) is 0. The van der Waals surface area contributed by atoms with Crippen molar-refractivity contribution >= 4 is 15.9 Å². The number of carbonyl (C=O) groups is 1. The van der Waals surface area contributed by atoms with E-state index in [4.69, 9.17) is 10.5 Å². The molecule has 1 aliphatic heterocycles. The summed E-state index contributed by atoms with van der Waals surface area (Å²) < 4.78 is 31.6. The minimum Gasteiger partial charge on any atom is -0.496 e. The molecule has 1 aliphatic rings. The number of methoxy groups -OCH3 is 1. The first-order valence-corrected chi connectivity index (χ1v) is 8.01. The molecule has 3 N–H and O–H groups in total. The van der Waals surface area contributed by atoms with Crippen molar-refractivity contribution in [3.8, 4) is 5.75 Å². The van der Waals surface area contributed by atoms with E-state index in [1.807, 2.05) is 6.92 Å². The molecule has 1 aromatic carbocycles. The first kappa shape index (κ1) is 15.7. The monoisotopic (exact) mass is 313 g/mol. The van der Waals surface area contributed by atoms with Gasteiger partial charge in [-0.1, -0.05) is 0 Å². The van der Waals surface area contributed by atoms with Crippen LogP contribution in [0.4, 0.5) is 0 Å². The smallest absolute Gasteiger partial charge is 0.252 e. The number of hydrogen-bond donors (Lipinski definition) is 2. The third-order valence-electron chi connectivity index (χ3n) is 3.41. The first-order valence-electron chi connectivity index (χ1n) is 6.57. The van der Waals surface area contributed by atoms with Crippen LogP contribution in [-0.2, 0) is 10.0 Å². The number of amides is 1. The van der Waals surface area contributed by atoms with Crippen molar-refractivity contribution in [1.82, 2.24) is 9.62 Å². The van der Waals surface area contributed by atoms with Crippen LogP contribution in [0.3, 0.4) is 0 Å². The topological polar surface area (TPSA) is 102 Å². The van der Waals surface area contributed by atoms with Crippen LogP contribution in [0.2, 0.25) is 0 Å². The molecule has 21 heavy (non-hydrogen) atoms. The highest BCUT2D eigenvalue weighted by Crippen LogP contribution is 2.24. The molecular weight excluding hydrogens is 294 g/mol. The summed E-state index contributed by atoms with van der Waals surface area (Å²) in [7, 11) is -2.25. The lowest BCUT2D eigenvalue weighted by Gasteiger charge is -2.31. The number of hydrogen-bond acceptors (Lipinski definition) is 5. The van der Waals surface area contributed by atoms with Crippen LogP contribution in [0.15, 0.2) is 23.1 Å². The summed E-state index contributed by atoms with van der Waals surface area (Å²) in [5.41, 5.74) is 5.32. The Morgan fingerprint density at radius 3 is 2.76 bits per heavy atom. The number of nitrogens with zero attached hydrogens (tertiary/aromatic N) is 1. The van der Waals surface area contributed by atoms with E-state index in [-0.39, 0.29) is 22.3 Å². The largest absolute Gasteiger partial charge is 0.496 e. The van der Waals surface area contributed by atoms with E-state index >= 15 is 0 Å². The zero-order chi connectivity index (χ0) is 15.6. The van der Waals surface area contributed by atoms with Gasteiger partial charge >= 0.3 is 0 Å². The van der Waals surface area contributed by atoms with E-state index < -0.39 is 15.9 Å². The van der Waals surface area contributed by atoms with Crippen molar-refractivity contribution in [2.75, 3.05) is 26.7 Å². The maximum atomic E-state index is 12.6. The fraction of sp³-hybridized carbons (Fsp3) is 0.462. The number of nitrogens with two attached hydrogens (primary N) is 1. The fourth-order valence-electron chi connectivity index (χ4n) is 2.30. The van der Waals surface area contributed by atoms with Crippen molar-refractivity contribution < 1.29 is 17.9 Å². The van der Waals surface area contributed by atoms with Gasteiger partial charge in [-0.2, -0.15) is 4.31 Å². The molecule has 1 fully saturated rings.